The van der Waals surface area contributed by atoms with Crippen molar-refractivity contribution in [3.05, 3.63) is 66.1 Å². The van der Waals surface area contributed by atoms with Crippen molar-refractivity contribution in [2.75, 3.05) is 6.54 Å². The van der Waals surface area contributed by atoms with Crippen LogP contribution in [0.3, 0.4) is 0 Å². The SMILES string of the molecule is [CH2]CCNCc1ccc(-c2noc(-c3ccc(C4CCCCC4)c(C(F)(F)F)c3)n2)cc1. The zero-order valence-corrected chi connectivity index (χ0v) is 17.9. The summed E-state index contributed by atoms with van der Waals surface area (Å²) in [7, 11) is 0. The third-order valence-corrected chi connectivity index (χ3v) is 5.97. The Bertz CT molecular complexity index is 1020. The maximum atomic E-state index is 13.8. The van der Waals surface area contributed by atoms with E-state index in [1.807, 2.05) is 24.3 Å². The molecule has 1 aromatic heterocycles. The zero-order valence-electron chi connectivity index (χ0n) is 17.9. The molecule has 0 amide bonds. The van der Waals surface area contributed by atoms with E-state index in [4.69, 9.17) is 4.52 Å². The predicted octanol–water partition coefficient (Wildman–Crippen LogP) is 6.78. The van der Waals surface area contributed by atoms with E-state index in [-0.39, 0.29) is 17.4 Å². The van der Waals surface area contributed by atoms with Crippen LogP contribution in [-0.4, -0.2) is 16.7 Å². The van der Waals surface area contributed by atoms with Gasteiger partial charge in [0.15, 0.2) is 0 Å². The van der Waals surface area contributed by atoms with Crippen molar-refractivity contribution < 1.29 is 17.7 Å². The molecule has 0 aliphatic heterocycles. The number of benzene rings is 2. The summed E-state index contributed by atoms with van der Waals surface area (Å²) in [5, 5.41) is 7.26. The van der Waals surface area contributed by atoms with Gasteiger partial charge in [-0.3, -0.25) is 0 Å². The molecule has 0 bridgehead atoms. The van der Waals surface area contributed by atoms with Crippen LogP contribution in [0.1, 0.15) is 61.1 Å². The second-order valence-electron chi connectivity index (χ2n) is 8.29. The standard InChI is InChI=1S/C25H27F3N3O/c1-2-14-29-16-17-8-10-19(11-9-17)23-30-24(32-31-23)20-12-13-21(18-6-4-3-5-7-18)22(15-20)25(26,27)28/h8-13,15,18,29H,1-7,14,16H2. The summed E-state index contributed by atoms with van der Waals surface area (Å²) in [6.45, 7) is 5.37. The van der Waals surface area contributed by atoms with E-state index in [1.54, 1.807) is 12.1 Å². The number of alkyl halides is 3. The minimum atomic E-state index is -4.43. The van der Waals surface area contributed by atoms with Gasteiger partial charge in [0.1, 0.15) is 0 Å². The Morgan fingerprint density at radius 3 is 2.41 bits per heavy atom. The van der Waals surface area contributed by atoms with E-state index >= 15 is 0 Å². The molecule has 1 aliphatic carbocycles. The lowest BCUT2D eigenvalue weighted by Crippen LogP contribution is -2.14. The molecule has 2 aromatic carbocycles. The highest BCUT2D eigenvalue weighted by Crippen LogP contribution is 2.42. The van der Waals surface area contributed by atoms with E-state index in [0.717, 1.165) is 68.8 Å². The number of nitrogens with zero attached hydrogens (tertiary/aromatic N) is 2. The molecule has 1 heterocycles. The Kier molecular flexibility index (Phi) is 6.94. The average molecular weight is 443 g/mol. The Labute approximate surface area is 186 Å². The lowest BCUT2D eigenvalue weighted by atomic mass is 9.81. The molecule has 4 rings (SSSR count). The van der Waals surface area contributed by atoms with E-state index in [0.29, 0.717) is 11.4 Å². The van der Waals surface area contributed by atoms with Crippen molar-refractivity contribution in [1.29, 1.82) is 0 Å². The Hall–Kier alpha value is -2.67. The summed E-state index contributed by atoms with van der Waals surface area (Å²) in [5.74, 6) is 0.387. The van der Waals surface area contributed by atoms with Gasteiger partial charge in [-0.15, -0.1) is 0 Å². The van der Waals surface area contributed by atoms with Crippen LogP contribution in [0.15, 0.2) is 47.0 Å². The third-order valence-electron chi connectivity index (χ3n) is 5.97. The van der Waals surface area contributed by atoms with Crippen LogP contribution >= 0.6 is 0 Å². The molecule has 7 heteroatoms. The van der Waals surface area contributed by atoms with E-state index < -0.39 is 11.7 Å². The number of hydrogen-bond donors (Lipinski definition) is 1. The van der Waals surface area contributed by atoms with Gasteiger partial charge in [-0.05, 0) is 55.0 Å². The van der Waals surface area contributed by atoms with Gasteiger partial charge in [0.25, 0.3) is 5.89 Å². The molecule has 3 aromatic rings. The Morgan fingerprint density at radius 1 is 1.00 bits per heavy atom. The summed E-state index contributed by atoms with van der Waals surface area (Å²) in [6, 6.07) is 12.1. The maximum Gasteiger partial charge on any atom is 0.416 e. The van der Waals surface area contributed by atoms with E-state index in [2.05, 4.69) is 22.4 Å². The van der Waals surface area contributed by atoms with Gasteiger partial charge in [-0.1, -0.05) is 61.7 Å². The Morgan fingerprint density at radius 2 is 1.72 bits per heavy atom. The van der Waals surface area contributed by atoms with Gasteiger partial charge < -0.3 is 9.84 Å². The van der Waals surface area contributed by atoms with Crippen LogP contribution in [0.2, 0.25) is 0 Å². The topological polar surface area (TPSA) is 51.0 Å². The summed E-state index contributed by atoms with van der Waals surface area (Å²) in [6.07, 6.45) is 1.03. The van der Waals surface area contributed by atoms with E-state index in [1.165, 1.54) is 0 Å². The van der Waals surface area contributed by atoms with Crippen LogP contribution in [0.5, 0.6) is 0 Å². The fraction of sp³-hybridized carbons (Fsp3) is 0.400. The van der Waals surface area contributed by atoms with Gasteiger partial charge in [-0.2, -0.15) is 18.2 Å². The highest BCUT2D eigenvalue weighted by atomic mass is 19.4. The summed E-state index contributed by atoms with van der Waals surface area (Å²) in [5.41, 5.74) is 1.92. The first-order valence-corrected chi connectivity index (χ1v) is 11.1. The molecule has 169 valence electrons. The molecule has 0 atom stereocenters. The minimum absolute atomic E-state index is 0.0470. The number of nitrogens with one attached hydrogen (secondary N) is 1. The predicted molar refractivity (Wildman–Crippen MR) is 118 cm³/mol. The second kappa shape index (κ2) is 9.86. The Balaban J connectivity index is 1.57. The number of halogens is 3. The lowest BCUT2D eigenvalue weighted by Gasteiger charge is -2.25. The van der Waals surface area contributed by atoms with Crippen LogP contribution < -0.4 is 5.32 Å². The van der Waals surface area contributed by atoms with Crippen LogP contribution in [0.4, 0.5) is 13.2 Å². The molecule has 0 saturated heterocycles. The molecule has 0 spiro atoms. The van der Waals surface area contributed by atoms with Gasteiger partial charge in [0.2, 0.25) is 5.82 Å². The van der Waals surface area contributed by atoms with Crippen LogP contribution in [-0.2, 0) is 12.7 Å². The van der Waals surface area contributed by atoms with Crippen LogP contribution in [0, 0.1) is 6.92 Å². The van der Waals surface area contributed by atoms with Gasteiger partial charge in [0.05, 0.1) is 5.56 Å². The molecule has 1 N–H and O–H groups in total. The first-order chi connectivity index (χ1) is 15.5. The van der Waals surface area contributed by atoms with Gasteiger partial charge >= 0.3 is 6.18 Å². The largest absolute Gasteiger partial charge is 0.416 e. The second-order valence-corrected chi connectivity index (χ2v) is 8.29. The maximum absolute atomic E-state index is 13.8. The number of aromatic nitrogens is 2. The lowest BCUT2D eigenvalue weighted by molar-refractivity contribution is -0.138. The van der Waals surface area contributed by atoms with Crippen molar-refractivity contribution in [1.82, 2.24) is 15.5 Å². The highest BCUT2D eigenvalue weighted by molar-refractivity contribution is 5.61. The minimum Gasteiger partial charge on any atom is -0.334 e. The summed E-state index contributed by atoms with van der Waals surface area (Å²) >= 11 is 0. The normalized spacial score (nSPS) is 15.2. The number of rotatable bonds is 7. The quantitative estimate of drug-likeness (QED) is 0.410. The average Bonchev–Trinajstić information content (AvgIpc) is 3.30. The first kappa shape index (κ1) is 22.5. The van der Waals surface area contributed by atoms with Crippen molar-refractivity contribution in [2.45, 2.75) is 57.2 Å². The monoisotopic (exact) mass is 442 g/mol. The first-order valence-electron chi connectivity index (χ1n) is 11.1. The molecule has 1 fully saturated rings. The summed E-state index contributed by atoms with van der Waals surface area (Å²) in [4.78, 5) is 4.35. The molecule has 1 aliphatic rings. The van der Waals surface area contributed by atoms with Crippen molar-refractivity contribution >= 4 is 0 Å². The van der Waals surface area contributed by atoms with Gasteiger partial charge in [0, 0.05) is 17.7 Å². The fourth-order valence-corrected chi connectivity index (χ4v) is 4.29. The molecule has 32 heavy (non-hydrogen) atoms. The molecule has 4 nitrogen and oxygen atoms in total. The fourth-order valence-electron chi connectivity index (χ4n) is 4.29. The molecular formula is C25H27F3N3O. The zero-order chi connectivity index (χ0) is 22.6. The van der Waals surface area contributed by atoms with Crippen molar-refractivity contribution in [3.8, 4) is 22.8 Å². The highest BCUT2D eigenvalue weighted by Gasteiger charge is 2.36. The van der Waals surface area contributed by atoms with Gasteiger partial charge in [-0.25, -0.2) is 0 Å². The van der Waals surface area contributed by atoms with E-state index in [9.17, 15) is 13.2 Å². The van der Waals surface area contributed by atoms with Crippen molar-refractivity contribution in [2.24, 2.45) is 0 Å². The summed E-state index contributed by atoms with van der Waals surface area (Å²) < 4.78 is 46.8. The molecule has 0 unspecified atom stereocenters. The van der Waals surface area contributed by atoms with Crippen molar-refractivity contribution in [3.63, 3.8) is 0 Å². The number of hydrogen-bond acceptors (Lipinski definition) is 4. The molecule has 1 radical (unpaired) electrons. The van der Waals surface area contributed by atoms with Crippen LogP contribution in [0.25, 0.3) is 22.8 Å². The smallest absolute Gasteiger partial charge is 0.334 e. The molecule has 1 saturated carbocycles. The molecular weight excluding hydrogens is 415 g/mol. The third kappa shape index (κ3) is 5.21.